The normalized spacial score (nSPS) is 10.6. The first-order valence-electron chi connectivity index (χ1n) is 6.48. The number of pyridine rings is 1. The van der Waals surface area contributed by atoms with Crippen LogP contribution < -0.4 is 14.8 Å². The third-order valence-corrected chi connectivity index (χ3v) is 3.23. The molecule has 0 aliphatic carbocycles. The topological polar surface area (TPSA) is 61.2 Å². The zero-order valence-electron chi connectivity index (χ0n) is 12.1. The van der Waals surface area contributed by atoms with Crippen LogP contribution in [0, 0.1) is 0 Å². The van der Waals surface area contributed by atoms with E-state index in [-0.39, 0.29) is 0 Å². The lowest BCUT2D eigenvalue weighted by Gasteiger charge is -2.11. The van der Waals surface area contributed by atoms with Crippen molar-refractivity contribution in [1.82, 2.24) is 14.8 Å². The first-order chi connectivity index (χ1) is 10.2. The van der Waals surface area contributed by atoms with Crippen LogP contribution in [0.3, 0.4) is 0 Å². The highest BCUT2D eigenvalue weighted by molar-refractivity contribution is 5.95. The summed E-state index contributed by atoms with van der Waals surface area (Å²) in [5.74, 6) is 2.83. The maximum Gasteiger partial charge on any atom is 0.161 e. The predicted molar refractivity (Wildman–Crippen MR) is 81.3 cm³/mol. The number of rotatable bonds is 4. The van der Waals surface area contributed by atoms with Crippen molar-refractivity contribution in [1.29, 1.82) is 0 Å². The van der Waals surface area contributed by atoms with E-state index in [0.717, 1.165) is 22.4 Å². The number of benzene rings is 1. The van der Waals surface area contributed by atoms with Crippen molar-refractivity contribution >= 4 is 22.4 Å². The Morgan fingerprint density at radius 3 is 2.52 bits per heavy atom. The highest BCUT2D eigenvalue weighted by atomic mass is 16.5. The maximum absolute atomic E-state index is 5.35. The van der Waals surface area contributed by atoms with Gasteiger partial charge in [-0.2, -0.15) is 5.10 Å². The molecule has 1 aromatic carbocycles. The Bertz CT molecular complexity index is 782. The fraction of sp³-hybridized carbons (Fsp3) is 0.200. The molecule has 0 aliphatic heterocycles. The minimum Gasteiger partial charge on any atom is -0.493 e. The van der Waals surface area contributed by atoms with Crippen LogP contribution in [0.2, 0.25) is 0 Å². The minimum absolute atomic E-state index is 0.669. The Hall–Kier alpha value is -2.76. The number of nitrogens with zero attached hydrogens (tertiary/aromatic N) is 3. The van der Waals surface area contributed by atoms with E-state index < -0.39 is 0 Å². The molecular weight excluding hydrogens is 268 g/mol. The molecule has 0 unspecified atom stereocenters. The summed E-state index contributed by atoms with van der Waals surface area (Å²) < 4.78 is 12.4. The number of hydrogen-bond acceptors (Lipinski definition) is 5. The molecule has 108 valence electrons. The Labute approximate surface area is 122 Å². The molecular formula is C15H16N4O2. The summed E-state index contributed by atoms with van der Waals surface area (Å²) >= 11 is 0. The van der Waals surface area contributed by atoms with Gasteiger partial charge in [-0.15, -0.1) is 0 Å². The van der Waals surface area contributed by atoms with Crippen LogP contribution in [-0.2, 0) is 7.05 Å². The van der Waals surface area contributed by atoms with Crippen LogP contribution in [0.25, 0.3) is 10.8 Å². The van der Waals surface area contributed by atoms with Gasteiger partial charge in [-0.25, -0.2) is 4.98 Å². The van der Waals surface area contributed by atoms with Crippen molar-refractivity contribution in [3.8, 4) is 11.5 Å². The number of aromatic nitrogens is 3. The lowest BCUT2D eigenvalue weighted by atomic mass is 10.1. The average Bonchev–Trinajstić information content (AvgIpc) is 2.91. The molecule has 0 atom stereocenters. The third-order valence-electron chi connectivity index (χ3n) is 3.23. The van der Waals surface area contributed by atoms with E-state index >= 15 is 0 Å². The Morgan fingerprint density at radius 2 is 1.86 bits per heavy atom. The predicted octanol–water partition coefficient (Wildman–Crippen LogP) is 2.73. The number of methoxy groups -OCH3 is 2. The molecule has 0 saturated carbocycles. The van der Waals surface area contributed by atoms with Crippen LogP contribution in [0.5, 0.6) is 11.5 Å². The van der Waals surface area contributed by atoms with Crippen LogP contribution >= 0.6 is 0 Å². The highest BCUT2D eigenvalue weighted by Gasteiger charge is 2.10. The van der Waals surface area contributed by atoms with Crippen molar-refractivity contribution in [2.24, 2.45) is 7.05 Å². The summed E-state index contributed by atoms with van der Waals surface area (Å²) in [7, 11) is 5.11. The lowest BCUT2D eigenvalue weighted by molar-refractivity contribution is 0.356. The molecule has 0 amide bonds. The fourth-order valence-corrected chi connectivity index (χ4v) is 2.20. The van der Waals surface area contributed by atoms with Crippen LogP contribution in [-0.4, -0.2) is 29.0 Å². The average molecular weight is 284 g/mol. The minimum atomic E-state index is 0.669. The summed E-state index contributed by atoms with van der Waals surface area (Å²) in [6.07, 6.45) is 3.62. The molecule has 0 saturated heterocycles. The van der Waals surface area contributed by atoms with Crippen molar-refractivity contribution in [3.63, 3.8) is 0 Å². The monoisotopic (exact) mass is 284 g/mol. The number of anilines is 2. The Balaban J connectivity index is 2.10. The van der Waals surface area contributed by atoms with E-state index in [1.807, 2.05) is 37.5 Å². The molecule has 2 heterocycles. The van der Waals surface area contributed by atoms with Gasteiger partial charge in [-0.05, 0) is 23.6 Å². The largest absolute Gasteiger partial charge is 0.493 e. The molecule has 6 heteroatoms. The van der Waals surface area contributed by atoms with Gasteiger partial charge < -0.3 is 14.8 Å². The number of nitrogens with one attached hydrogen (secondary N) is 1. The zero-order valence-corrected chi connectivity index (χ0v) is 12.1. The fourth-order valence-electron chi connectivity index (χ4n) is 2.20. The summed E-state index contributed by atoms with van der Waals surface area (Å²) in [6, 6.07) is 7.66. The Kier molecular flexibility index (Phi) is 3.35. The molecule has 0 spiro atoms. The number of aryl methyl sites for hydroxylation is 1. The smallest absolute Gasteiger partial charge is 0.161 e. The molecule has 3 rings (SSSR count). The van der Waals surface area contributed by atoms with Gasteiger partial charge in [0, 0.05) is 30.9 Å². The van der Waals surface area contributed by atoms with Gasteiger partial charge in [0.25, 0.3) is 0 Å². The molecule has 21 heavy (non-hydrogen) atoms. The second kappa shape index (κ2) is 5.32. The molecule has 0 aliphatic rings. The number of fused-ring (bicyclic) bond motifs is 1. The van der Waals surface area contributed by atoms with Gasteiger partial charge in [0.2, 0.25) is 0 Å². The van der Waals surface area contributed by atoms with Crippen molar-refractivity contribution < 1.29 is 9.47 Å². The van der Waals surface area contributed by atoms with Gasteiger partial charge >= 0.3 is 0 Å². The van der Waals surface area contributed by atoms with Gasteiger partial charge in [0.15, 0.2) is 17.3 Å². The van der Waals surface area contributed by atoms with Crippen molar-refractivity contribution in [2.45, 2.75) is 0 Å². The van der Waals surface area contributed by atoms with Crippen molar-refractivity contribution in [3.05, 3.63) is 36.7 Å². The zero-order chi connectivity index (χ0) is 14.8. The molecule has 3 aromatic rings. The molecule has 0 bridgehead atoms. The second-order valence-electron chi connectivity index (χ2n) is 4.59. The molecule has 0 fully saturated rings. The van der Waals surface area contributed by atoms with Gasteiger partial charge in [-0.1, -0.05) is 0 Å². The van der Waals surface area contributed by atoms with E-state index in [2.05, 4.69) is 15.4 Å². The van der Waals surface area contributed by atoms with Crippen LogP contribution in [0.1, 0.15) is 0 Å². The van der Waals surface area contributed by atoms with E-state index in [1.165, 1.54) is 0 Å². The van der Waals surface area contributed by atoms with Crippen molar-refractivity contribution in [2.75, 3.05) is 19.5 Å². The van der Waals surface area contributed by atoms with Crippen LogP contribution in [0.15, 0.2) is 36.7 Å². The molecule has 6 nitrogen and oxygen atoms in total. The lowest BCUT2D eigenvalue weighted by Crippen LogP contribution is -1.98. The molecule has 1 N–H and O–H groups in total. The Morgan fingerprint density at radius 1 is 1.10 bits per heavy atom. The quantitative estimate of drug-likeness (QED) is 0.798. The van der Waals surface area contributed by atoms with E-state index in [0.29, 0.717) is 11.5 Å². The molecule has 2 aromatic heterocycles. The van der Waals surface area contributed by atoms with E-state index in [9.17, 15) is 0 Å². The SMILES string of the molecule is COc1cc2ccnc(Nc3ccn(C)n3)c2cc1OC. The first-order valence-corrected chi connectivity index (χ1v) is 6.48. The first kappa shape index (κ1) is 13.2. The van der Waals surface area contributed by atoms with E-state index in [4.69, 9.17) is 9.47 Å². The van der Waals surface area contributed by atoms with Gasteiger partial charge in [0.05, 0.1) is 14.2 Å². The highest BCUT2D eigenvalue weighted by Crippen LogP contribution is 2.35. The van der Waals surface area contributed by atoms with Gasteiger partial charge in [-0.3, -0.25) is 4.68 Å². The number of hydrogen-bond donors (Lipinski definition) is 1. The van der Waals surface area contributed by atoms with Crippen LogP contribution in [0.4, 0.5) is 11.6 Å². The summed E-state index contributed by atoms with van der Waals surface area (Å²) in [6.45, 7) is 0. The standard InChI is InChI=1S/C15H16N4O2/c1-19-7-5-14(18-19)17-15-11-9-13(21-3)12(20-2)8-10(11)4-6-16-15/h4-9H,1-3H3,(H,16,17,18). The van der Waals surface area contributed by atoms with Gasteiger partial charge in [0.1, 0.15) is 5.82 Å². The summed E-state index contributed by atoms with van der Waals surface area (Å²) in [5, 5.41) is 9.48. The summed E-state index contributed by atoms with van der Waals surface area (Å²) in [5.41, 5.74) is 0. The van der Waals surface area contributed by atoms with E-state index in [1.54, 1.807) is 25.1 Å². The third kappa shape index (κ3) is 2.47. The molecule has 0 radical (unpaired) electrons. The number of ether oxygens (including phenoxy) is 2. The summed E-state index contributed by atoms with van der Waals surface area (Å²) in [4.78, 5) is 4.39. The maximum atomic E-state index is 5.35. The second-order valence-corrected chi connectivity index (χ2v) is 4.59.